The Labute approximate surface area is 96.0 Å². The molecule has 1 aromatic rings. The molecule has 0 saturated carbocycles. The van der Waals surface area contributed by atoms with E-state index in [1.54, 1.807) is 12.1 Å². The number of benzene rings is 1. The molecule has 0 fully saturated rings. The number of rotatable bonds is 2. The molecule has 2 rings (SSSR count). The highest BCUT2D eigenvalue weighted by Crippen LogP contribution is 2.32. The zero-order valence-electron chi connectivity index (χ0n) is 8.21. The molecule has 78 valence electrons. The van der Waals surface area contributed by atoms with Gasteiger partial charge in [0.05, 0.1) is 11.1 Å². The van der Waals surface area contributed by atoms with Crippen molar-refractivity contribution >= 4 is 27.7 Å². The van der Waals surface area contributed by atoms with Gasteiger partial charge < -0.3 is 0 Å². The average molecular weight is 268 g/mol. The molecular formula is C11H10BrNO2. The van der Waals surface area contributed by atoms with E-state index in [1.807, 2.05) is 13.0 Å². The number of nitrogens with one attached hydrogen (secondary N) is 1. The molecule has 1 unspecified atom stereocenters. The topological polar surface area (TPSA) is 46.2 Å². The van der Waals surface area contributed by atoms with Gasteiger partial charge in [0, 0.05) is 4.83 Å². The summed E-state index contributed by atoms with van der Waals surface area (Å²) >= 11 is 3.49. The Kier molecular flexibility index (Phi) is 2.61. The average Bonchev–Trinajstić information content (AvgIpc) is 2.54. The zero-order valence-corrected chi connectivity index (χ0v) is 9.80. The lowest BCUT2D eigenvalue weighted by atomic mass is 9.99. The highest BCUT2D eigenvalue weighted by molar-refractivity contribution is 9.09. The van der Waals surface area contributed by atoms with Crippen LogP contribution in [0.1, 0.15) is 44.5 Å². The first-order chi connectivity index (χ1) is 7.15. The molecule has 0 bridgehead atoms. The molecule has 0 aliphatic carbocycles. The Balaban J connectivity index is 2.60. The van der Waals surface area contributed by atoms with Gasteiger partial charge in [-0.3, -0.25) is 14.9 Å². The standard InChI is InChI=1S/C11H10BrNO2/c1-2-8(12)6-4-3-5-7-9(6)11(15)13-10(7)14/h3-5,8H,2H2,1H3,(H,13,14,15). The predicted octanol–water partition coefficient (Wildman–Crippen LogP) is 2.42. The fourth-order valence-corrected chi connectivity index (χ4v) is 2.11. The van der Waals surface area contributed by atoms with E-state index in [2.05, 4.69) is 21.2 Å². The first-order valence-electron chi connectivity index (χ1n) is 4.77. The van der Waals surface area contributed by atoms with Gasteiger partial charge in [0.15, 0.2) is 0 Å². The summed E-state index contributed by atoms with van der Waals surface area (Å²) in [4.78, 5) is 23.1. The Hall–Kier alpha value is -1.16. The quantitative estimate of drug-likeness (QED) is 0.661. The molecule has 1 aromatic carbocycles. The third-order valence-corrected chi connectivity index (χ3v) is 3.63. The second-order valence-electron chi connectivity index (χ2n) is 3.43. The lowest BCUT2D eigenvalue weighted by Crippen LogP contribution is -2.20. The van der Waals surface area contributed by atoms with Gasteiger partial charge in [-0.05, 0) is 18.1 Å². The number of carbonyl (C=O) groups is 2. The van der Waals surface area contributed by atoms with Crippen LogP contribution in [0.3, 0.4) is 0 Å². The Morgan fingerprint density at radius 3 is 2.73 bits per heavy atom. The van der Waals surface area contributed by atoms with Gasteiger partial charge in [0.1, 0.15) is 0 Å². The number of carbonyl (C=O) groups excluding carboxylic acids is 2. The van der Waals surface area contributed by atoms with Crippen LogP contribution in [0.2, 0.25) is 0 Å². The summed E-state index contributed by atoms with van der Waals surface area (Å²) in [6.45, 7) is 2.02. The summed E-state index contributed by atoms with van der Waals surface area (Å²) in [5.74, 6) is -0.587. The van der Waals surface area contributed by atoms with Gasteiger partial charge in [-0.25, -0.2) is 0 Å². The van der Waals surface area contributed by atoms with Gasteiger partial charge in [-0.2, -0.15) is 0 Å². The lowest BCUT2D eigenvalue weighted by Gasteiger charge is -2.10. The molecule has 1 aliphatic heterocycles. The van der Waals surface area contributed by atoms with Gasteiger partial charge in [-0.15, -0.1) is 0 Å². The SMILES string of the molecule is CCC(Br)c1cccc2c1C(=O)NC2=O. The molecule has 4 heteroatoms. The van der Waals surface area contributed by atoms with E-state index in [0.29, 0.717) is 11.1 Å². The van der Waals surface area contributed by atoms with Crippen molar-refractivity contribution in [2.75, 3.05) is 0 Å². The number of imide groups is 1. The third-order valence-electron chi connectivity index (χ3n) is 2.49. The molecule has 0 radical (unpaired) electrons. The van der Waals surface area contributed by atoms with Crippen molar-refractivity contribution in [3.8, 4) is 0 Å². The Bertz CT molecular complexity index is 442. The molecule has 2 amide bonds. The van der Waals surface area contributed by atoms with Crippen molar-refractivity contribution in [2.45, 2.75) is 18.2 Å². The summed E-state index contributed by atoms with van der Waals surface area (Å²) in [6, 6.07) is 5.35. The summed E-state index contributed by atoms with van der Waals surface area (Å²) in [7, 11) is 0. The Morgan fingerprint density at radius 1 is 1.33 bits per heavy atom. The molecule has 1 N–H and O–H groups in total. The maximum Gasteiger partial charge on any atom is 0.259 e. The van der Waals surface area contributed by atoms with Crippen LogP contribution in [0.4, 0.5) is 0 Å². The molecule has 0 saturated heterocycles. The van der Waals surface area contributed by atoms with Crippen LogP contribution in [0.15, 0.2) is 18.2 Å². The minimum Gasteiger partial charge on any atom is -0.288 e. The van der Waals surface area contributed by atoms with Crippen LogP contribution >= 0.6 is 15.9 Å². The van der Waals surface area contributed by atoms with Crippen molar-refractivity contribution in [1.29, 1.82) is 0 Å². The van der Waals surface area contributed by atoms with E-state index >= 15 is 0 Å². The van der Waals surface area contributed by atoms with Crippen molar-refractivity contribution < 1.29 is 9.59 Å². The van der Waals surface area contributed by atoms with Crippen molar-refractivity contribution in [3.05, 3.63) is 34.9 Å². The third kappa shape index (κ3) is 1.59. The number of hydrogen-bond donors (Lipinski definition) is 1. The van der Waals surface area contributed by atoms with Crippen LogP contribution in [-0.4, -0.2) is 11.8 Å². The fraction of sp³-hybridized carbons (Fsp3) is 0.273. The smallest absolute Gasteiger partial charge is 0.259 e. The van der Waals surface area contributed by atoms with Gasteiger partial charge in [0.25, 0.3) is 11.8 Å². The van der Waals surface area contributed by atoms with E-state index in [4.69, 9.17) is 0 Å². The monoisotopic (exact) mass is 267 g/mol. The molecule has 1 heterocycles. The van der Waals surface area contributed by atoms with Gasteiger partial charge in [-0.1, -0.05) is 35.0 Å². The highest BCUT2D eigenvalue weighted by Gasteiger charge is 2.30. The normalized spacial score (nSPS) is 16.1. The van der Waals surface area contributed by atoms with Crippen LogP contribution in [0, 0.1) is 0 Å². The maximum absolute atomic E-state index is 11.6. The van der Waals surface area contributed by atoms with E-state index in [1.165, 1.54) is 0 Å². The predicted molar refractivity (Wildman–Crippen MR) is 60.2 cm³/mol. The molecule has 0 spiro atoms. The van der Waals surface area contributed by atoms with Crippen LogP contribution in [-0.2, 0) is 0 Å². The van der Waals surface area contributed by atoms with Crippen LogP contribution < -0.4 is 5.32 Å². The number of halogens is 1. The van der Waals surface area contributed by atoms with Crippen LogP contribution in [0.25, 0.3) is 0 Å². The van der Waals surface area contributed by atoms with Crippen molar-refractivity contribution in [2.24, 2.45) is 0 Å². The molecule has 0 aromatic heterocycles. The van der Waals surface area contributed by atoms with Gasteiger partial charge in [0.2, 0.25) is 0 Å². The zero-order chi connectivity index (χ0) is 11.0. The molecule has 15 heavy (non-hydrogen) atoms. The maximum atomic E-state index is 11.6. The second-order valence-corrected chi connectivity index (χ2v) is 4.53. The number of hydrogen-bond acceptors (Lipinski definition) is 2. The van der Waals surface area contributed by atoms with E-state index in [9.17, 15) is 9.59 Å². The first kappa shape index (κ1) is 10.4. The largest absolute Gasteiger partial charge is 0.288 e. The summed E-state index contributed by atoms with van der Waals surface area (Å²) in [6.07, 6.45) is 0.873. The lowest BCUT2D eigenvalue weighted by molar-refractivity contribution is 0.0879. The van der Waals surface area contributed by atoms with E-state index < -0.39 is 0 Å². The number of amides is 2. The van der Waals surface area contributed by atoms with E-state index in [0.717, 1.165) is 12.0 Å². The molecular weight excluding hydrogens is 258 g/mol. The molecule has 1 atom stereocenters. The van der Waals surface area contributed by atoms with Crippen molar-refractivity contribution in [3.63, 3.8) is 0 Å². The minimum absolute atomic E-state index is 0.115. The number of alkyl halides is 1. The summed E-state index contributed by atoms with van der Waals surface area (Å²) < 4.78 is 0. The Morgan fingerprint density at radius 2 is 2.07 bits per heavy atom. The van der Waals surface area contributed by atoms with Crippen molar-refractivity contribution in [1.82, 2.24) is 5.32 Å². The molecule has 1 aliphatic rings. The van der Waals surface area contributed by atoms with Gasteiger partial charge >= 0.3 is 0 Å². The summed E-state index contributed by atoms with van der Waals surface area (Å²) in [5, 5.41) is 2.30. The summed E-state index contributed by atoms with van der Waals surface area (Å²) in [5.41, 5.74) is 1.89. The molecule has 3 nitrogen and oxygen atoms in total. The minimum atomic E-state index is -0.298. The van der Waals surface area contributed by atoms with E-state index in [-0.39, 0.29) is 16.6 Å². The van der Waals surface area contributed by atoms with Crippen LogP contribution in [0.5, 0.6) is 0 Å². The fourth-order valence-electron chi connectivity index (χ4n) is 1.73. The first-order valence-corrected chi connectivity index (χ1v) is 5.69. The number of fused-ring (bicyclic) bond motifs is 1. The highest BCUT2D eigenvalue weighted by atomic mass is 79.9. The second kappa shape index (κ2) is 3.77.